The zero-order valence-electron chi connectivity index (χ0n) is 13.2. The smallest absolute Gasteiger partial charge is 0.239 e. The number of anilines is 1. The molecule has 1 atom stereocenters. The van der Waals surface area contributed by atoms with E-state index in [1.54, 1.807) is 24.3 Å². The zero-order chi connectivity index (χ0) is 16.5. The summed E-state index contributed by atoms with van der Waals surface area (Å²) in [5.74, 6) is 1.09. The predicted molar refractivity (Wildman–Crippen MR) is 95.6 cm³/mol. The molecule has 0 saturated heterocycles. The van der Waals surface area contributed by atoms with Crippen molar-refractivity contribution in [1.29, 1.82) is 0 Å². The molecule has 0 fully saturated rings. The molecule has 1 N–H and O–H groups in total. The summed E-state index contributed by atoms with van der Waals surface area (Å²) in [6.07, 6.45) is 0.991. The van der Waals surface area contributed by atoms with Crippen LogP contribution in [0.15, 0.2) is 39.5 Å². The number of carbonyl (C=O) groups excluding carboxylic acids is 1. The van der Waals surface area contributed by atoms with Gasteiger partial charge in [0, 0.05) is 22.4 Å². The van der Waals surface area contributed by atoms with Gasteiger partial charge in [0.2, 0.25) is 5.91 Å². The summed E-state index contributed by atoms with van der Waals surface area (Å²) in [4.78, 5) is 17.4. The van der Waals surface area contributed by atoms with Crippen molar-refractivity contribution in [3.8, 4) is 0 Å². The van der Waals surface area contributed by atoms with E-state index in [9.17, 15) is 4.79 Å². The molecule has 0 aliphatic carbocycles. The van der Waals surface area contributed by atoms with Gasteiger partial charge in [-0.05, 0) is 41.8 Å². The van der Waals surface area contributed by atoms with Crippen LogP contribution in [0.1, 0.15) is 27.1 Å². The molecule has 0 spiro atoms. The maximum Gasteiger partial charge on any atom is 0.239 e. The lowest BCUT2D eigenvalue weighted by Gasteiger charge is -2.34. The molecule has 3 aromatic heterocycles. The van der Waals surface area contributed by atoms with Crippen LogP contribution in [-0.2, 0) is 11.2 Å². The second kappa shape index (κ2) is 6.51. The van der Waals surface area contributed by atoms with E-state index in [0.29, 0.717) is 18.1 Å². The lowest BCUT2D eigenvalue weighted by Crippen LogP contribution is -2.40. The van der Waals surface area contributed by atoms with Gasteiger partial charge >= 0.3 is 0 Å². The van der Waals surface area contributed by atoms with Gasteiger partial charge in [0.1, 0.15) is 5.76 Å². The Morgan fingerprint density at radius 2 is 2.33 bits per heavy atom. The van der Waals surface area contributed by atoms with Crippen LogP contribution in [0.2, 0.25) is 0 Å². The Labute approximate surface area is 147 Å². The first-order valence-electron chi connectivity index (χ1n) is 7.77. The number of hydrogen-bond donors (Lipinski definition) is 1. The summed E-state index contributed by atoms with van der Waals surface area (Å²) < 4.78 is 5.00. The first-order chi connectivity index (χ1) is 11.7. The van der Waals surface area contributed by atoms with Crippen LogP contribution in [0.25, 0.3) is 0 Å². The van der Waals surface area contributed by atoms with Gasteiger partial charge in [-0.15, -0.1) is 22.7 Å². The number of nitrogens with zero attached hydrogens (tertiary/aromatic N) is 2. The van der Waals surface area contributed by atoms with Gasteiger partial charge in [-0.2, -0.15) is 0 Å². The molecule has 4 heterocycles. The Balaban J connectivity index is 1.54. The Hall–Kier alpha value is -1.96. The van der Waals surface area contributed by atoms with Crippen molar-refractivity contribution in [2.45, 2.75) is 19.4 Å². The maximum absolute atomic E-state index is 12.4. The van der Waals surface area contributed by atoms with Crippen LogP contribution in [0.3, 0.4) is 0 Å². The first-order valence-corrected chi connectivity index (χ1v) is 9.53. The molecule has 24 heavy (non-hydrogen) atoms. The number of nitrogens with one attached hydrogen (secondary N) is 1. The fraction of sp³-hybridized carbons (Fsp3) is 0.294. The number of aryl methyl sites for hydroxylation is 1. The van der Waals surface area contributed by atoms with Crippen molar-refractivity contribution < 1.29 is 9.32 Å². The van der Waals surface area contributed by atoms with E-state index in [1.807, 2.05) is 11.3 Å². The average Bonchev–Trinajstić information content (AvgIpc) is 3.28. The largest absolute Gasteiger partial charge is 0.360 e. The quantitative estimate of drug-likeness (QED) is 0.772. The maximum atomic E-state index is 12.4. The first kappa shape index (κ1) is 15.6. The Morgan fingerprint density at radius 1 is 1.42 bits per heavy atom. The van der Waals surface area contributed by atoms with Gasteiger partial charge in [0.15, 0.2) is 5.82 Å². The molecule has 124 valence electrons. The van der Waals surface area contributed by atoms with E-state index < -0.39 is 0 Å². The number of aromatic nitrogens is 1. The topological polar surface area (TPSA) is 58.4 Å². The molecule has 0 saturated carbocycles. The minimum Gasteiger partial charge on any atom is -0.360 e. The van der Waals surface area contributed by atoms with E-state index in [1.165, 1.54) is 15.3 Å². The molecular weight excluding hydrogens is 342 g/mol. The molecule has 0 bridgehead atoms. The molecule has 1 amide bonds. The van der Waals surface area contributed by atoms with Crippen molar-refractivity contribution in [1.82, 2.24) is 10.1 Å². The van der Waals surface area contributed by atoms with Gasteiger partial charge in [-0.1, -0.05) is 11.2 Å². The summed E-state index contributed by atoms with van der Waals surface area (Å²) >= 11 is 3.55. The van der Waals surface area contributed by atoms with Crippen molar-refractivity contribution in [3.63, 3.8) is 0 Å². The molecule has 4 rings (SSSR count). The standard InChI is InChI=1S/C17H17N3O2S2/c1-11-9-15(19-22-11)18-16(21)10-20-6-4-13-12(5-8-24-13)17(20)14-3-2-7-23-14/h2-3,5,7-9,17H,4,6,10H2,1H3,(H,18,19,21)/t17-/m1/s1. The van der Waals surface area contributed by atoms with Crippen LogP contribution in [-0.4, -0.2) is 29.1 Å². The van der Waals surface area contributed by atoms with Crippen LogP contribution < -0.4 is 5.32 Å². The highest BCUT2D eigenvalue weighted by atomic mass is 32.1. The molecule has 0 radical (unpaired) electrons. The van der Waals surface area contributed by atoms with Gasteiger partial charge in [-0.25, -0.2) is 0 Å². The van der Waals surface area contributed by atoms with E-state index in [0.717, 1.165) is 13.0 Å². The predicted octanol–water partition coefficient (Wildman–Crippen LogP) is 3.69. The Bertz CT molecular complexity index is 838. The normalized spacial score (nSPS) is 17.6. The Kier molecular flexibility index (Phi) is 4.22. The fourth-order valence-corrected chi connectivity index (χ4v) is 4.89. The molecular formula is C17H17N3O2S2. The third-order valence-electron chi connectivity index (χ3n) is 4.12. The summed E-state index contributed by atoms with van der Waals surface area (Å²) in [6.45, 7) is 3.02. The third-order valence-corrected chi connectivity index (χ3v) is 6.04. The zero-order valence-corrected chi connectivity index (χ0v) is 14.8. The van der Waals surface area contributed by atoms with E-state index >= 15 is 0 Å². The molecule has 3 aromatic rings. The van der Waals surface area contributed by atoms with Crippen LogP contribution in [0.5, 0.6) is 0 Å². The molecule has 0 unspecified atom stereocenters. The highest BCUT2D eigenvalue weighted by Gasteiger charge is 2.31. The molecule has 0 aromatic carbocycles. The Morgan fingerprint density at radius 3 is 3.08 bits per heavy atom. The minimum absolute atomic E-state index is 0.0662. The summed E-state index contributed by atoms with van der Waals surface area (Å²) in [5, 5.41) is 10.9. The van der Waals surface area contributed by atoms with Crippen molar-refractivity contribution in [3.05, 3.63) is 56.1 Å². The van der Waals surface area contributed by atoms with Crippen LogP contribution >= 0.6 is 22.7 Å². The van der Waals surface area contributed by atoms with Crippen molar-refractivity contribution >= 4 is 34.4 Å². The third kappa shape index (κ3) is 3.02. The monoisotopic (exact) mass is 359 g/mol. The average molecular weight is 359 g/mol. The van der Waals surface area contributed by atoms with Gasteiger partial charge < -0.3 is 9.84 Å². The number of fused-ring (bicyclic) bond motifs is 1. The number of amides is 1. The molecule has 7 heteroatoms. The molecule has 1 aliphatic heterocycles. The second-order valence-electron chi connectivity index (χ2n) is 5.81. The number of thiophene rings is 2. The van der Waals surface area contributed by atoms with Gasteiger partial charge in [-0.3, -0.25) is 9.69 Å². The van der Waals surface area contributed by atoms with Gasteiger partial charge in [0.25, 0.3) is 0 Å². The summed E-state index contributed by atoms with van der Waals surface area (Å²) in [6, 6.07) is 8.28. The highest BCUT2D eigenvalue weighted by molar-refractivity contribution is 7.10. The molecule has 1 aliphatic rings. The highest BCUT2D eigenvalue weighted by Crippen LogP contribution is 2.39. The lowest BCUT2D eigenvalue weighted by atomic mass is 9.98. The SMILES string of the molecule is Cc1cc(NC(=O)CN2CCc3sccc3[C@@H]2c2cccs2)no1. The van der Waals surface area contributed by atoms with Crippen molar-refractivity contribution in [2.75, 3.05) is 18.4 Å². The fourth-order valence-electron chi connectivity index (χ4n) is 3.11. The van der Waals surface area contributed by atoms with Gasteiger partial charge in [0.05, 0.1) is 12.6 Å². The summed E-state index contributed by atoms with van der Waals surface area (Å²) in [5.41, 5.74) is 1.33. The molecule has 5 nitrogen and oxygen atoms in total. The number of rotatable bonds is 4. The van der Waals surface area contributed by atoms with E-state index in [2.05, 4.69) is 44.3 Å². The number of carbonyl (C=O) groups is 1. The minimum atomic E-state index is -0.0662. The van der Waals surface area contributed by atoms with Crippen LogP contribution in [0.4, 0.5) is 5.82 Å². The van der Waals surface area contributed by atoms with E-state index in [4.69, 9.17) is 4.52 Å². The van der Waals surface area contributed by atoms with Crippen LogP contribution in [0, 0.1) is 6.92 Å². The van der Waals surface area contributed by atoms with E-state index in [-0.39, 0.29) is 11.9 Å². The second-order valence-corrected chi connectivity index (χ2v) is 7.79. The lowest BCUT2D eigenvalue weighted by molar-refractivity contribution is -0.117. The summed E-state index contributed by atoms with van der Waals surface area (Å²) in [7, 11) is 0. The van der Waals surface area contributed by atoms with Crippen molar-refractivity contribution in [2.24, 2.45) is 0 Å². The number of hydrogen-bond acceptors (Lipinski definition) is 6.